The number of carbonyl (C=O) groups excluding carboxylic acids is 1. The number of piperazine rings is 1. The van der Waals surface area contributed by atoms with Crippen molar-refractivity contribution in [1.29, 1.82) is 0 Å². The summed E-state index contributed by atoms with van der Waals surface area (Å²) < 4.78 is 10.6. The van der Waals surface area contributed by atoms with E-state index in [-0.39, 0.29) is 5.91 Å². The number of nitrogens with one attached hydrogen (secondary N) is 1. The molecule has 0 atom stereocenters. The fraction of sp³-hybridized carbons (Fsp3) is 0.450. The number of rotatable bonds is 6. The molecule has 2 heterocycles. The first-order valence-electron chi connectivity index (χ1n) is 9.40. The summed E-state index contributed by atoms with van der Waals surface area (Å²) in [4.78, 5) is 25.9. The highest BCUT2D eigenvalue weighted by atomic mass is 16.5. The molecular weight excluding hydrogens is 358 g/mol. The van der Waals surface area contributed by atoms with Gasteiger partial charge in [0, 0.05) is 37.9 Å². The van der Waals surface area contributed by atoms with Crippen molar-refractivity contribution in [3.05, 3.63) is 35.7 Å². The highest BCUT2D eigenvalue weighted by molar-refractivity contribution is 5.92. The van der Waals surface area contributed by atoms with E-state index in [1.807, 2.05) is 24.0 Å². The number of benzene rings is 1. The lowest BCUT2D eigenvalue weighted by molar-refractivity contribution is 0.0637. The molecule has 0 radical (unpaired) electrons. The van der Waals surface area contributed by atoms with E-state index in [4.69, 9.17) is 9.47 Å². The van der Waals surface area contributed by atoms with E-state index in [1.165, 1.54) is 0 Å². The molecule has 1 saturated heterocycles. The van der Waals surface area contributed by atoms with Crippen LogP contribution in [0.4, 0.5) is 11.6 Å². The van der Waals surface area contributed by atoms with Crippen molar-refractivity contribution >= 4 is 17.5 Å². The maximum absolute atomic E-state index is 12.9. The standard InChI is InChI=1S/C20H27N5O3/c1-5-24-8-10-25(11-9-24)19(26)17-12-14(2)21-20(23-17)22-16-7-6-15(27-3)13-18(16)28-4/h6-7,12-13H,5,8-11H2,1-4H3,(H,21,22,23). The summed E-state index contributed by atoms with van der Waals surface area (Å²) >= 11 is 0. The molecule has 8 heteroatoms. The zero-order valence-electron chi connectivity index (χ0n) is 16.9. The van der Waals surface area contributed by atoms with Crippen LogP contribution in [0, 0.1) is 6.92 Å². The summed E-state index contributed by atoms with van der Waals surface area (Å²) in [5.74, 6) is 1.59. The normalized spacial score (nSPS) is 14.6. The molecule has 1 aromatic carbocycles. The molecule has 3 rings (SSSR count). The van der Waals surface area contributed by atoms with E-state index in [1.54, 1.807) is 26.4 Å². The van der Waals surface area contributed by atoms with E-state index in [2.05, 4.69) is 27.1 Å². The van der Waals surface area contributed by atoms with E-state index in [0.717, 1.165) is 25.3 Å². The Balaban J connectivity index is 1.79. The van der Waals surface area contributed by atoms with Crippen molar-refractivity contribution in [3.63, 3.8) is 0 Å². The molecule has 28 heavy (non-hydrogen) atoms. The number of methoxy groups -OCH3 is 2. The van der Waals surface area contributed by atoms with Gasteiger partial charge in [-0.1, -0.05) is 6.92 Å². The first kappa shape index (κ1) is 19.9. The average molecular weight is 385 g/mol. The first-order chi connectivity index (χ1) is 13.5. The van der Waals surface area contributed by atoms with Crippen LogP contribution in [0.1, 0.15) is 23.1 Å². The van der Waals surface area contributed by atoms with Crippen LogP contribution in [0.2, 0.25) is 0 Å². The Hall–Kier alpha value is -2.87. The maximum Gasteiger partial charge on any atom is 0.272 e. The smallest absolute Gasteiger partial charge is 0.272 e. The minimum absolute atomic E-state index is 0.0639. The lowest BCUT2D eigenvalue weighted by Gasteiger charge is -2.33. The highest BCUT2D eigenvalue weighted by Gasteiger charge is 2.23. The summed E-state index contributed by atoms with van der Waals surface area (Å²) in [5, 5.41) is 3.15. The molecule has 0 unspecified atom stereocenters. The molecule has 2 aromatic rings. The average Bonchev–Trinajstić information content (AvgIpc) is 2.73. The Labute approximate surface area is 165 Å². The van der Waals surface area contributed by atoms with Crippen molar-refractivity contribution in [1.82, 2.24) is 19.8 Å². The van der Waals surface area contributed by atoms with Gasteiger partial charge in [0.1, 0.15) is 17.2 Å². The summed E-state index contributed by atoms with van der Waals surface area (Å²) in [6.45, 7) is 8.20. The van der Waals surface area contributed by atoms with Crippen LogP contribution in [0.5, 0.6) is 11.5 Å². The number of hydrogen-bond acceptors (Lipinski definition) is 7. The second-order valence-electron chi connectivity index (χ2n) is 6.64. The molecule has 1 aliphatic heterocycles. The number of anilines is 2. The molecule has 0 saturated carbocycles. The van der Waals surface area contributed by atoms with Gasteiger partial charge in [0.2, 0.25) is 5.95 Å². The van der Waals surface area contributed by atoms with Crippen LogP contribution in [-0.4, -0.2) is 72.6 Å². The van der Waals surface area contributed by atoms with Crippen molar-refractivity contribution < 1.29 is 14.3 Å². The lowest BCUT2D eigenvalue weighted by Crippen LogP contribution is -2.48. The van der Waals surface area contributed by atoms with Gasteiger partial charge in [-0.15, -0.1) is 0 Å². The van der Waals surface area contributed by atoms with Gasteiger partial charge in [0.05, 0.1) is 19.9 Å². The quantitative estimate of drug-likeness (QED) is 0.817. The minimum atomic E-state index is -0.0639. The number of likely N-dealkylation sites (N-methyl/N-ethyl adjacent to an activating group) is 1. The van der Waals surface area contributed by atoms with Crippen LogP contribution in [0.15, 0.2) is 24.3 Å². The Morgan fingerprint density at radius 1 is 1.11 bits per heavy atom. The summed E-state index contributed by atoms with van der Waals surface area (Å²) in [6, 6.07) is 7.15. The number of aryl methyl sites for hydroxylation is 1. The Morgan fingerprint density at radius 3 is 2.50 bits per heavy atom. The van der Waals surface area contributed by atoms with E-state index in [9.17, 15) is 4.79 Å². The molecule has 1 amide bonds. The van der Waals surface area contributed by atoms with Gasteiger partial charge in [0.25, 0.3) is 5.91 Å². The van der Waals surface area contributed by atoms with Gasteiger partial charge in [-0.05, 0) is 31.7 Å². The van der Waals surface area contributed by atoms with Crippen LogP contribution in [0.3, 0.4) is 0 Å². The first-order valence-corrected chi connectivity index (χ1v) is 9.40. The van der Waals surface area contributed by atoms with E-state index < -0.39 is 0 Å². The molecule has 150 valence electrons. The number of nitrogens with zero attached hydrogens (tertiary/aromatic N) is 4. The summed E-state index contributed by atoms with van der Waals surface area (Å²) in [7, 11) is 3.19. The molecule has 0 bridgehead atoms. The van der Waals surface area contributed by atoms with Gasteiger partial charge in [0.15, 0.2) is 0 Å². The molecule has 0 spiro atoms. The van der Waals surface area contributed by atoms with Gasteiger partial charge in [-0.3, -0.25) is 4.79 Å². The van der Waals surface area contributed by atoms with Gasteiger partial charge >= 0.3 is 0 Å². The SMILES string of the molecule is CCN1CCN(C(=O)c2cc(C)nc(Nc3ccc(OC)cc3OC)n2)CC1. The second-order valence-corrected chi connectivity index (χ2v) is 6.64. The molecule has 8 nitrogen and oxygen atoms in total. The highest BCUT2D eigenvalue weighted by Crippen LogP contribution is 2.30. The van der Waals surface area contributed by atoms with E-state index >= 15 is 0 Å². The molecule has 1 aromatic heterocycles. The van der Waals surface area contributed by atoms with E-state index in [0.29, 0.717) is 41.9 Å². The number of amides is 1. The van der Waals surface area contributed by atoms with Gasteiger partial charge < -0.3 is 24.6 Å². The fourth-order valence-corrected chi connectivity index (χ4v) is 3.19. The Bertz CT molecular complexity index is 835. The van der Waals surface area contributed by atoms with Crippen LogP contribution >= 0.6 is 0 Å². The third-order valence-corrected chi connectivity index (χ3v) is 4.84. The van der Waals surface area contributed by atoms with Gasteiger partial charge in [-0.2, -0.15) is 0 Å². The number of aromatic nitrogens is 2. The van der Waals surface area contributed by atoms with Crippen LogP contribution in [-0.2, 0) is 0 Å². The van der Waals surface area contributed by atoms with Crippen molar-refractivity contribution in [3.8, 4) is 11.5 Å². The molecular formula is C20H27N5O3. The third-order valence-electron chi connectivity index (χ3n) is 4.84. The van der Waals surface area contributed by atoms with Crippen molar-refractivity contribution in [2.45, 2.75) is 13.8 Å². The predicted octanol–water partition coefficient (Wildman–Crippen LogP) is 2.32. The zero-order valence-corrected chi connectivity index (χ0v) is 16.9. The maximum atomic E-state index is 12.9. The van der Waals surface area contributed by atoms with Crippen LogP contribution < -0.4 is 14.8 Å². The zero-order chi connectivity index (χ0) is 20.1. The Kier molecular flexibility index (Phi) is 6.30. The lowest BCUT2D eigenvalue weighted by atomic mass is 10.2. The third kappa shape index (κ3) is 4.51. The molecule has 1 N–H and O–H groups in total. The molecule has 1 aliphatic rings. The van der Waals surface area contributed by atoms with Crippen molar-refractivity contribution in [2.75, 3.05) is 52.3 Å². The number of ether oxygens (including phenoxy) is 2. The minimum Gasteiger partial charge on any atom is -0.497 e. The largest absolute Gasteiger partial charge is 0.497 e. The second kappa shape index (κ2) is 8.88. The van der Waals surface area contributed by atoms with Crippen LogP contribution in [0.25, 0.3) is 0 Å². The van der Waals surface area contributed by atoms with Crippen molar-refractivity contribution in [2.24, 2.45) is 0 Å². The molecule has 1 fully saturated rings. The monoisotopic (exact) mass is 385 g/mol. The predicted molar refractivity (Wildman–Crippen MR) is 108 cm³/mol. The Morgan fingerprint density at radius 2 is 1.86 bits per heavy atom. The topological polar surface area (TPSA) is 79.8 Å². The number of hydrogen-bond donors (Lipinski definition) is 1. The summed E-state index contributed by atoms with van der Waals surface area (Å²) in [6.07, 6.45) is 0. The summed E-state index contributed by atoms with van der Waals surface area (Å²) in [5.41, 5.74) is 1.82. The fourth-order valence-electron chi connectivity index (χ4n) is 3.19. The van der Waals surface area contributed by atoms with Gasteiger partial charge in [-0.25, -0.2) is 9.97 Å². The molecule has 0 aliphatic carbocycles. The number of carbonyl (C=O) groups is 1.